The predicted molar refractivity (Wildman–Crippen MR) is 150 cm³/mol. The van der Waals surface area contributed by atoms with Gasteiger partial charge in [0.2, 0.25) is 0 Å². The first-order valence-corrected chi connectivity index (χ1v) is 13.6. The van der Waals surface area contributed by atoms with E-state index in [9.17, 15) is 40.5 Å². The quantitative estimate of drug-likeness (QED) is 0.0997. The van der Waals surface area contributed by atoms with Crippen molar-refractivity contribution in [3.8, 4) is 0 Å². The van der Waals surface area contributed by atoms with Crippen LogP contribution in [0.5, 0.6) is 0 Å². The summed E-state index contributed by atoms with van der Waals surface area (Å²) in [7, 11) is 3.01. The SMILES string of the molecule is O=[N+]([O-])c1ccc(Cc2ccc(SSc3ccc(Cc4ccc([N+](=O)[O-])cc4[N+](=O)[O-])cc3)cc2)c([N+](=O)[O-])c1. The number of hydrogen-bond donors (Lipinski definition) is 0. The Hall–Kier alpha value is -4.82. The topological polar surface area (TPSA) is 173 Å². The summed E-state index contributed by atoms with van der Waals surface area (Å²) in [6, 6.07) is 22.1. The van der Waals surface area contributed by atoms with Crippen LogP contribution in [0.2, 0.25) is 0 Å². The Morgan fingerprint density at radius 2 is 0.825 bits per heavy atom. The van der Waals surface area contributed by atoms with Crippen LogP contribution in [0.15, 0.2) is 94.7 Å². The zero-order valence-electron chi connectivity index (χ0n) is 20.4. The van der Waals surface area contributed by atoms with Crippen LogP contribution < -0.4 is 0 Å². The second kappa shape index (κ2) is 12.4. The van der Waals surface area contributed by atoms with Crippen molar-refractivity contribution in [3.05, 3.63) is 148 Å². The molecule has 202 valence electrons. The number of hydrogen-bond acceptors (Lipinski definition) is 10. The van der Waals surface area contributed by atoms with Crippen molar-refractivity contribution in [1.82, 2.24) is 0 Å². The molecule has 0 heterocycles. The fraction of sp³-hybridized carbons (Fsp3) is 0.0769. The van der Waals surface area contributed by atoms with Crippen LogP contribution in [0.1, 0.15) is 22.3 Å². The summed E-state index contributed by atoms with van der Waals surface area (Å²) in [6.07, 6.45) is 0.502. The number of benzene rings is 4. The van der Waals surface area contributed by atoms with Crippen molar-refractivity contribution < 1.29 is 19.7 Å². The minimum absolute atomic E-state index is 0.251. The van der Waals surface area contributed by atoms with E-state index >= 15 is 0 Å². The van der Waals surface area contributed by atoms with E-state index < -0.39 is 19.7 Å². The molecule has 0 atom stereocenters. The van der Waals surface area contributed by atoms with Gasteiger partial charge >= 0.3 is 0 Å². The van der Waals surface area contributed by atoms with E-state index in [4.69, 9.17) is 0 Å². The number of nitro benzene ring substituents is 4. The standard InChI is InChI=1S/C26H18N4O8S2/c31-27(32)21-7-5-19(25(15-21)29(35)36)13-17-1-9-23(10-2-17)39-40-24-11-3-18(4-12-24)14-20-6-8-22(28(33)34)16-26(20)30(37)38/h1-12,15-16H,13-14H2. The lowest BCUT2D eigenvalue weighted by Gasteiger charge is -2.07. The molecule has 0 saturated heterocycles. The molecule has 0 fully saturated rings. The number of rotatable bonds is 11. The normalized spacial score (nSPS) is 10.7. The summed E-state index contributed by atoms with van der Waals surface area (Å²) in [5.74, 6) is 0. The third-order valence-corrected chi connectivity index (χ3v) is 8.24. The maximum Gasteiger partial charge on any atom is 0.279 e. The molecule has 0 bridgehead atoms. The molecule has 0 amide bonds. The molecule has 0 saturated carbocycles. The van der Waals surface area contributed by atoms with E-state index in [1.54, 1.807) is 0 Å². The third-order valence-electron chi connectivity index (χ3n) is 5.82. The molecule has 0 spiro atoms. The summed E-state index contributed by atoms with van der Waals surface area (Å²) in [5.41, 5.74) is 1.13. The Bertz CT molecular complexity index is 1490. The summed E-state index contributed by atoms with van der Waals surface area (Å²) < 4.78 is 0. The molecule has 40 heavy (non-hydrogen) atoms. The lowest BCUT2D eigenvalue weighted by molar-refractivity contribution is -0.394. The van der Waals surface area contributed by atoms with E-state index in [0.717, 1.165) is 33.1 Å². The molecule has 0 aromatic heterocycles. The lowest BCUT2D eigenvalue weighted by Crippen LogP contribution is -1.99. The fourth-order valence-corrected chi connectivity index (χ4v) is 5.76. The number of nitro groups is 4. The summed E-state index contributed by atoms with van der Waals surface area (Å²) >= 11 is 0. The maximum atomic E-state index is 11.4. The van der Waals surface area contributed by atoms with Gasteiger partial charge in [-0.05, 0) is 47.5 Å². The monoisotopic (exact) mass is 578 g/mol. The minimum Gasteiger partial charge on any atom is -0.258 e. The highest BCUT2D eigenvalue weighted by atomic mass is 33.1. The van der Waals surface area contributed by atoms with Gasteiger partial charge in [-0.1, -0.05) is 45.9 Å². The molecule has 4 aromatic rings. The average molecular weight is 579 g/mol. The van der Waals surface area contributed by atoms with Crippen LogP contribution in [0, 0.1) is 40.5 Å². The maximum absolute atomic E-state index is 11.4. The van der Waals surface area contributed by atoms with Gasteiger partial charge in [0, 0.05) is 45.9 Å². The van der Waals surface area contributed by atoms with Crippen LogP contribution in [0.3, 0.4) is 0 Å². The largest absolute Gasteiger partial charge is 0.279 e. The molecule has 0 N–H and O–H groups in total. The fourth-order valence-electron chi connectivity index (χ4n) is 3.83. The molecule has 0 aliphatic rings. The van der Waals surface area contributed by atoms with Gasteiger partial charge in [-0.15, -0.1) is 0 Å². The molecule has 0 unspecified atom stereocenters. The van der Waals surface area contributed by atoms with Crippen molar-refractivity contribution in [1.29, 1.82) is 0 Å². The molecule has 4 rings (SSSR count). The van der Waals surface area contributed by atoms with Crippen molar-refractivity contribution >= 4 is 44.3 Å². The van der Waals surface area contributed by atoms with Crippen LogP contribution in [0.4, 0.5) is 22.7 Å². The Morgan fingerprint density at radius 3 is 1.12 bits per heavy atom. The van der Waals surface area contributed by atoms with E-state index in [1.807, 2.05) is 48.5 Å². The molecular formula is C26H18N4O8S2. The minimum atomic E-state index is -0.668. The van der Waals surface area contributed by atoms with E-state index in [2.05, 4.69) is 0 Å². The lowest BCUT2D eigenvalue weighted by atomic mass is 10.0. The zero-order chi connectivity index (χ0) is 28.8. The zero-order valence-corrected chi connectivity index (χ0v) is 22.0. The van der Waals surface area contributed by atoms with Gasteiger partial charge in [0.15, 0.2) is 0 Å². The highest BCUT2D eigenvalue weighted by Gasteiger charge is 2.20. The Labute approximate surface area is 234 Å². The number of non-ortho nitro benzene ring substituents is 2. The molecule has 4 aromatic carbocycles. The second-order valence-corrected chi connectivity index (χ2v) is 10.7. The first-order valence-electron chi connectivity index (χ1n) is 11.5. The van der Waals surface area contributed by atoms with Crippen LogP contribution in [0.25, 0.3) is 0 Å². The first kappa shape index (κ1) is 28.2. The van der Waals surface area contributed by atoms with Gasteiger partial charge < -0.3 is 0 Å². The van der Waals surface area contributed by atoms with Gasteiger partial charge in [-0.2, -0.15) is 0 Å². The first-order chi connectivity index (χ1) is 19.1. The summed E-state index contributed by atoms with van der Waals surface area (Å²) in [5, 5.41) is 44.6. The van der Waals surface area contributed by atoms with E-state index in [1.165, 1.54) is 45.9 Å². The molecular weight excluding hydrogens is 560 g/mol. The molecule has 14 heteroatoms. The highest BCUT2D eigenvalue weighted by molar-refractivity contribution is 8.76. The van der Waals surface area contributed by atoms with E-state index in [-0.39, 0.29) is 35.6 Å². The van der Waals surface area contributed by atoms with Crippen molar-refractivity contribution in [2.45, 2.75) is 22.6 Å². The molecule has 0 aliphatic carbocycles. The molecule has 0 radical (unpaired) electrons. The smallest absolute Gasteiger partial charge is 0.258 e. The summed E-state index contributed by atoms with van der Waals surface area (Å²) in [6.45, 7) is 0. The van der Waals surface area contributed by atoms with Gasteiger partial charge in [0.1, 0.15) is 0 Å². The third kappa shape index (κ3) is 6.98. The van der Waals surface area contributed by atoms with Gasteiger partial charge in [0.05, 0.1) is 31.8 Å². The van der Waals surface area contributed by atoms with Gasteiger partial charge in [-0.25, -0.2) is 0 Å². The average Bonchev–Trinajstić information content (AvgIpc) is 2.93. The molecule has 0 aliphatic heterocycles. The van der Waals surface area contributed by atoms with E-state index in [0.29, 0.717) is 11.1 Å². The summed E-state index contributed by atoms with van der Waals surface area (Å²) in [4.78, 5) is 43.9. The highest BCUT2D eigenvalue weighted by Crippen LogP contribution is 2.38. The van der Waals surface area contributed by atoms with Crippen LogP contribution >= 0.6 is 21.6 Å². The van der Waals surface area contributed by atoms with Crippen LogP contribution in [-0.2, 0) is 12.8 Å². The molecule has 12 nitrogen and oxygen atoms in total. The Morgan fingerprint density at radius 1 is 0.475 bits per heavy atom. The van der Waals surface area contributed by atoms with Gasteiger partial charge in [-0.3, -0.25) is 40.5 Å². The van der Waals surface area contributed by atoms with Crippen molar-refractivity contribution in [3.63, 3.8) is 0 Å². The Balaban J connectivity index is 1.37. The van der Waals surface area contributed by atoms with Crippen molar-refractivity contribution in [2.75, 3.05) is 0 Å². The van der Waals surface area contributed by atoms with Gasteiger partial charge in [0.25, 0.3) is 22.7 Å². The predicted octanol–water partition coefficient (Wildman–Crippen LogP) is 7.30. The number of nitrogens with zero attached hydrogens (tertiary/aromatic N) is 4. The van der Waals surface area contributed by atoms with Crippen molar-refractivity contribution in [2.24, 2.45) is 0 Å². The second-order valence-electron chi connectivity index (χ2n) is 8.46. The Kier molecular flexibility index (Phi) is 8.71. The van der Waals surface area contributed by atoms with Crippen LogP contribution in [-0.4, -0.2) is 19.7 Å².